The maximum absolute atomic E-state index is 4.42. The Bertz CT molecular complexity index is 513. The maximum atomic E-state index is 4.42. The summed E-state index contributed by atoms with van der Waals surface area (Å²) in [6.07, 6.45) is 5.14. The highest BCUT2D eigenvalue weighted by molar-refractivity contribution is 7.99. The average Bonchev–Trinajstić information content (AvgIpc) is 3.07. The van der Waals surface area contributed by atoms with Gasteiger partial charge >= 0.3 is 0 Å². The second kappa shape index (κ2) is 9.33. The van der Waals surface area contributed by atoms with Gasteiger partial charge in [0.25, 0.3) is 0 Å². The van der Waals surface area contributed by atoms with Crippen LogP contribution in [-0.4, -0.2) is 54.6 Å². The predicted octanol–water partition coefficient (Wildman–Crippen LogP) is 2.71. The van der Waals surface area contributed by atoms with E-state index >= 15 is 0 Å². The number of thioether (sulfide) groups is 1. The number of aliphatic imine (C=N–C) groups is 1. The molecule has 2 fully saturated rings. The molecule has 2 aliphatic rings. The molecule has 0 spiro atoms. The zero-order valence-electron chi connectivity index (χ0n) is 14.7. The first-order chi connectivity index (χ1) is 11.8. The molecule has 2 heterocycles. The van der Waals surface area contributed by atoms with Gasteiger partial charge in [-0.2, -0.15) is 11.8 Å². The van der Waals surface area contributed by atoms with Crippen LogP contribution >= 0.6 is 11.8 Å². The van der Waals surface area contributed by atoms with E-state index in [0.717, 1.165) is 19.0 Å². The number of likely N-dealkylation sites (tertiary alicyclic amines) is 1. The van der Waals surface area contributed by atoms with Crippen molar-refractivity contribution in [3.05, 3.63) is 35.9 Å². The Balaban J connectivity index is 1.47. The number of hydrogen-bond acceptors (Lipinski definition) is 3. The topological polar surface area (TPSA) is 39.7 Å². The highest BCUT2D eigenvalue weighted by Gasteiger charge is 2.24. The van der Waals surface area contributed by atoms with Gasteiger partial charge in [0.05, 0.1) is 0 Å². The molecule has 132 valence electrons. The van der Waals surface area contributed by atoms with Crippen LogP contribution in [-0.2, 0) is 6.54 Å². The minimum atomic E-state index is 0.568. The van der Waals surface area contributed by atoms with Crippen LogP contribution in [0.25, 0.3) is 0 Å². The molecule has 2 atom stereocenters. The van der Waals surface area contributed by atoms with Gasteiger partial charge in [0.1, 0.15) is 0 Å². The number of nitrogens with zero attached hydrogens (tertiary/aromatic N) is 2. The molecule has 5 heteroatoms. The predicted molar refractivity (Wildman–Crippen MR) is 105 cm³/mol. The first-order valence-electron chi connectivity index (χ1n) is 9.18. The molecule has 3 rings (SSSR count). The smallest absolute Gasteiger partial charge is 0.191 e. The summed E-state index contributed by atoms with van der Waals surface area (Å²) in [6.45, 7) is 3.23. The highest BCUT2D eigenvalue weighted by Crippen LogP contribution is 2.20. The molecule has 2 unspecified atom stereocenters. The SMILES string of the molecule is CN=C(NCC1CCCN1Cc1ccccc1)NC1CCCSC1. The van der Waals surface area contributed by atoms with Crippen molar-refractivity contribution in [3.8, 4) is 0 Å². The molecule has 4 nitrogen and oxygen atoms in total. The second-order valence-electron chi connectivity index (χ2n) is 6.76. The molecule has 0 bridgehead atoms. The Hall–Kier alpha value is -1.20. The van der Waals surface area contributed by atoms with Crippen LogP contribution in [0, 0.1) is 0 Å². The van der Waals surface area contributed by atoms with Crippen molar-refractivity contribution in [2.75, 3.05) is 31.6 Å². The summed E-state index contributed by atoms with van der Waals surface area (Å²) in [5, 5.41) is 7.16. The number of nitrogens with one attached hydrogen (secondary N) is 2. The van der Waals surface area contributed by atoms with Crippen LogP contribution in [0.3, 0.4) is 0 Å². The summed E-state index contributed by atoms with van der Waals surface area (Å²) in [4.78, 5) is 7.02. The number of hydrogen-bond donors (Lipinski definition) is 2. The van der Waals surface area contributed by atoms with E-state index in [1.165, 1.54) is 49.3 Å². The van der Waals surface area contributed by atoms with Crippen molar-refractivity contribution in [2.24, 2.45) is 4.99 Å². The maximum Gasteiger partial charge on any atom is 0.191 e. The molecule has 2 saturated heterocycles. The first kappa shape index (κ1) is 17.6. The number of guanidine groups is 1. The highest BCUT2D eigenvalue weighted by atomic mass is 32.2. The fourth-order valence-corrected chi connectivity index (χ4v) is 4.68. The Kier molecular flexibility index (Phi) is 6.85. The van der Waals surface area contributed by atoms with E-state index in [1.54, 1.807) is 0 Å². The Labute approximate surface area is 150 Å². The molecular weight excluding hydrogens is 316 g/mol. The number of benzene rings is 1. The van der Waals surface area contributed by atoms with E-state index in [1.807, 2.05) is 18.8 Å². The standard InChI is InChI=1S/C19H30N4S/c1-20-19(22-17-9-6-12-24-15-17)21-13-18-10-5-11-23(18)14-16-7-3-2-4-8-16/h2-4,7-8,17-18H,5-6,9-15H2,1H3,(H2,20,21,22). The summed E-state index contributed by atoms with van der Waals surface area (Å²) in [5.41, 5.74) is 1.41. The Morgan fingerprint density at radius 3 is 2.88 bits per heavy atom. The number of rotatable bonds is 5. The summed E-state index contributed by atoms with van der Waals surface area (Å²) >= 11 is 2.05. The summed E-state index contributed by atoms with van der Waals surface area (Å²) in [7, 11) is 1.88. The van der Waals surface area contributed by atoms with Gasteiger partial charge in [-0.3, -0.25) is 9.89 Å². The molecule has 0 aliphatic carbocycles. The lowest BCUT2D eigenvalue weighted by Crippen LogP contribution is -2.49. The van der Waals surface area contributed by atoms with Crippen LogP contribution in [0.2, 0.25) is 0 Å². The largest absolute Gasteiger partial charge is 0.355 e. The van der Waals surface area contributed by atoms with Gasteiger partial charge in [0.2, 0.25) is 0 Å². The Morgan fingerprint density at radius 2 is 2.12 bits per heavy atom. The lowest BCUT2D eigenvalue weighted by Gasteiger charge is -2.28. The van der Waals surface area contributed by atoms with Gasteiger partial charge in [0, 0.05) is 38.0 Å². The van der Waals surface area contributed by atoms with Crippen molar-refractivity contribution < 1.29 is 0 Å². The van der Waals surface area contributed by atoms with Crippen molar-refractivity contribution in [1.29, 1.82) is 0 Å². The normalized spacial score (nSPS) is 25.6. The van der Waals surface area contributed by atoms with E-state index in [9.17, 15) is 0 Å². The van der Waals surface area contributed by atoms with Crippen molar-refractivity contribution >= 4 is 17.7 Å². The molecular formula is C19H30N4S. The van der Waals surface area contributed by atoms with Crippen LogP contribution in [0.5, 0.6) is 0 Å². The van der Waals surface area contributed by atoms with Gasteiger partial charge < -0.3 is 10.6 Å². The van der Waals surface area contributed by atoms with Crippen LogP contribution in [0.4, 0.5) is 0 Å². The molecule has 0 amide bonds. The van der Waals surface area contributed by atoms with Crippen molar-refractivity contribution in [1.82, 2.24) is 15.5 Å². The lowest BCUT2D eigenvalue weighted by molar-refractivity contribution is 0.245. The van der Waals surface area contributed by atoms with Crippen LogP contribution in [0.15, 0.2) is 35.3 Å². The van der Waals surface area contributed by atoms with Crippen LogP contribution < -0.4 is 10.6 Å². The Morgan fingerprint density at radius 1 is 1.25 bits per heavy atom. The molecule has 0 radical (unpaired) electrons. The van der Waals surface area contributed by atoms with E-state index in [4.69, 9.17) is 0 Å². The zero-order chi connectivity index (χ0) is 16.6. The minimum Gasteiger partial charge on any atom is -0.355 e. The molecule has 1 aromatic carbocycles. The third-order valence-electron chi connectivity index (χ3n) is 4.96. The van der Waals surface area contributed by atoms with Gasteiger partial charge in [-0.25, -0.2) is 0 Å². The monoisotopic (exact) mass is 346 g/mol. The zero-order valence-corrected chi connectivity index (χ0v) is 15.5. The quantitative estimate of drug-likeness (QED) is 0.635. The summed E-state index contributed by atoms with van der Waals surface area (Å²) < 4.78 is 0. The van der Waals surface area contributed by atoms with E-state index in [2.05, 4.69) is 50.9 Å². The fraction of sp³-hybridized carbons (Fsp3) is 0.632. The second-order valence-corrected chi connectivity index (χ2v) is 7.91. The van der Waals surface area contributed by atoms with Gasteiger partial charge in [-0.15, -0.1) is 0 Å². The average molecular weight is 347 g/mol. The lowest BCUT2D eigenvalue weighted by atomic mass is 10.2. The molecule has 0 aromatic heterocycles. The molecule has 0 saturated carbocycles. The van der Waals surface area contributed by atoms with Crippen molar-refractivity contribution in [2.45, 2.75) is 44.3 Å². The molecule has 24 heavy (non-hydrogen) atoms. The third-order valence-corrected chi connectivity index (χ3v) is 6.17. The van der Waals surface area contributed by atoms with Gasteiger partial charge in [0.15, 0.2) is 5.96 Å². The van der Waals surface area contributed by atoms with E-state index in [0.29, 0.717) is 12.1 Å². The molecule has 1 aromatic rings. The third kappa shape index (κ3) is 5.15. The molecule has 2 N–H and O–H groups in total. The minimum absolute atomic E-state index is 0.568. The fourth-order valence-electron chi connectivity index (χ4n) is 3.61. The summed E-state index contributed by atoms with van der Waals surface area (Å²) in [6, 6.07) is 12.0. The molecule has 2 aliphatic heterocycles. The van der Waals surface area contributed by atoms with Gasteiger partial charge in [-0.05, 0) is 43.5 Å². The first-order valence-corrected chi connectivity index (χ1v) is 10.3. The van der Waals surface area contributed by atoms with Crippen molar-refractivity contribution in [3.63, 3.8) is 0 Å². The summed E-state index contributed by atoms with van der Waals surface area (Å²) in [5.74, 6) is 3.47. The van der Waals surface area contributed by atoms with E-state index in [-0.39, 0.29) is 0 Å². The van der Waals surface area contributed by atoms with Crippen LogP contribution in [0.1, 0.15) is 31.2 Å². The van der Waals surface area contributed by atoms with E-state index < -0.39 is 0 Å². The van der Waals surface area contributed by atoms with Gasteiger partial charge in [-0.1, -0.05) is 30.3 Å².